The molecule has 0 aliphatic heterocycles. The second-order valence-electron chi connectivity index (χ2n) is 6.66. The number of rotatable bonds is 10. The van der Waals surface area contributed by atoms with Gasteiger partial charge in [-0.15, -0.1) is 11.8 Å². The van der Waals surface area contributed by atoms with E-state index in [-0.39, 0.29) is 24.1 Å². The van der Waals surface area contributed by atoms with Crippen molar-refractivity contribution < 1.29 is 9.59 Å². The van der Waals surface area contributed by atoms with Crippen LogP contribution in [0.2, 0.25) is 10.0 Å². The minimum absolute atomic E-state index is 0.110. The summed E-state index contributed by atoms with van der Waals surface area (Å²) < 4.78 is 0. The second-order valence-corrected chi connectivity index (χ2v) is 8.46. The molecule has 156 valence electrons. The molecule has 0 aromatic heterocycles. The first-order valence-electron chi connectivity index (χ1n) is 9.55. The average molecular weight is 453 g/mol. The van der Waals surface area contributed by atoms with Crippen LogP contribution in [0.25, 0.3) is 0 Å². The minimum atomic E-state index is -0.591. The lowest BCUT2D eigenvalue weighted by Gasteiger charge is -2.29. The van der Waals surface area contributed by atoms with Crippen molar-refractivity contribution in [3.63, 3.8) is 0 Å². The monoisotopic (exact) mass is 452 g/mol. The third kappa shape index (κ3) is 7.25. The molecule has 0 unspecified atom stereocenters. The summed E-state index contributed by atoms with van der Waals surface area (Å²) in [6.07, 6.45) is 0.838. The highest BCUT2D eigenvalue weighted by Crippen LogP contribution is 2.23. The van der Waals surface area contributed by atoms with E-state index in [1.54, 1.807) is 17.9 Å². The molecule has 1 N–H and O–H groups in total. The van der Waals surface area contributed by atoms with E-state index in [4.69, 9.17) is 23.2 Å². The van der Waals surface area contributed by atoms with E-state index in [1.807, 2.05) is 49.4 Å². The van der Waals surface area contributed by atoms with Gasteiger partial charge in [0.25, 0.3) is 0 Å². The van der Waals surface area contributed by atoms with Crippen molar-refractivity contribution in [2.75, 3.05) is 12.3 Å². The van der Waals surface area contributed by atoms with Crippen LogP contribution in [0.3, 0.4) is 0 Å². The van der Waals surface area contributed by atoms with Crippen LogP contribution in [0.15, 0.2) is 48.5 Å². The smallest absolute Gasteiger partial charge is 0.242 e. The maximum absolute atomic E-state index is 13.0. The van der Waals surface area contributed by atoms with Gasteiger partial charge in [-0.2, -0.15) is 0 Å². The molecule has 0 bridgehead atoms. The lowest BCUT2D eigenvalue weighted by molar-refractivity contribution is -0.138. The molecule has 0 aliphatic carbocycles. The Morgan fingerprint density at radius 2 is 1.62 bits per heavy atom. The number of nitrogens with zero attached hydrogens (tertiary/aromatic N) is 1. The molecule has 0 radical (unpaired) electrons. The summed E-state index contributed by atoms with van der Waals surface area (Å²) in [4.78, 5) is 27.1. The number of carbonyl (C=O) groups is 2. The Kier molecular flexibility index (Phi) is 9.85. The number of hydrogen-bond acceptors (Lipinski definition) is 3. The molecule has 7 heteroatoms. The maximum atomic E-state index is 13.0. The Labute approximate surface area is 187 Å². The van der Waals surface area contributed by atoms with Crippen LogP contribution in [0.4, 0.5) is 0 Å². The van der Waals surface area contributed by atoms with Crippen LogP contribution in [-0.4, -0.2) is 35.1 Å². The zero-order valence-corrected chi connectivity index (χ0v) is 19.0. The van der Waals surface area contributed by atoms with Gasteiger partial charge in [-0.1, -0.05) is 66.5 Å². The topological polar surface area (TPSA) is 49.4 Å². The molecular formula is C22H26Cl2N2O2S. The summed E-state index contributed by atoms with van der Waals surface area (Å²) in [5.74, 6) is 0.604. The number of amides is 2. The van der Waals surface area contributed by atoms with Crippen LogP contribution in [0, 0.1) is 0 Å². The summed E-state index contributed by atoms with van der Waals surface area (Å²) in [6.45, 7) is 4.60. The zero-order chi connectivity index (χ0) is 21.2. The first-order valence-corrected chi connectivity index (χ1v) is 11.5. The molecule has 0 saturated carbocycles. The molecule has 0 aliphatic rings. The SMILES string of the molecule is CCCNC(=O)[C@H](C)N(Cc1ccccc1Cl)C(=O)CSCc1ccccc1Cl. The number of carbonyl (C=O) groups excluding carboxylic acids is 2. The van der Waals surface area contributed by atoms with Gasteiger partial charge in [0.1, 0.15) is 6.04 Å². The highest BCUT2D eigenvalue weighted by Gasteiger charge is 2.26. The van der Waals surface area contributed by atoms with E-state index < -0.39 is 6.04 Å². The molecule has 2 rings (SSSR count). The van der Waals surface area contributed by atoms with Crippen LogP contribution < -0.4 is 5.32 Å². The second kappa shape index (κ2) is 12.1. The van der Waals surface area contributed by atoms with Crippen molar-refractivity contribution in [2.45, 2.75) is 38.6 Å². The molecule has 0 fully saturated rings. The van der Waals surface area contributed by atoms with Gasteiger partial charge in [-0.25, -0.2) is 0 Å². The van der Waals surface area contributed by atoms with E-state index in [1.165, 1.54) is 11.8 Å². The predicted molar refractivity (Wildman–Crippen MR) is 122 cm³/mol. The van der Waals surface area contributed by atoms with Crippen LogP contribution >= 0.6 is 35.0 Å². The Morgan fingerprint density at radius 3 is 2.21 bits per heavy atom. The van der Waals surface area contributed by atoms with Gasteiger partial charge in [0.15, 0.2) is 0 Å². The molecular weight excluding hydrogens is 427 g/mol. The average Bonchev–Trinajstić information content (AvgIpc) is 2.72. The Morgan fingerprint density at radius 1 is 1.03 bits per heavy atom. The molecule has 4 nitrogen and oxygen atoms in total. The van der Waals surface area contributed by atoms with Crippen LogP contribution in [0.1, 0.15) is 31.4 Å². The first kappa shape index (κ1) is 23.6. The highest BCUT2D eigenvalue weighted by molar-refractivity contribution is 7.99. The molecule has 29 heavy (non-hydrogen) atoms. The predicted octanol–water partition coefficient (Wildman–Crippen LogP) is 5.17. The third-order valence-electron chi connectivity index (χ3n) is 4.46. The van der Waals surface area contributed by atoms with E-state index >= 15 is 0 Å². The molecule has 2 amide bonds. The molecule has 0 heterocycles. The van der Waals surface area contributed by atoms with E-state index in [0.29, 0.717) is 22.3 Å². The molecule has 2 aromatic carbocycles. The standard InChI is InChI=1S/C22H26Cl2N2O2S/c1-3-12-25-22(28)16(2)26(13-17-8-4-6-10-19(17)23)21(27)15-29-14-18-9-5-7-11-20(18)24/h4-11,16H,3,12-15H2,1-2H3,(H,25,28)/t16-/m0/s1. The summed E-state index contributed by atoms with van der Waals surface area (Å²) in [7, 11) is 0. The van der Waals surface area contributed by atoms with Crippen LogP contribution in [-0.2, 0) is 21.9 Å². The maximum Gasteiger partial charge on any atom is 0.242 e. The fourth-order valence-corrected chi connectivity index (χ4v) is 4.13. The fraction of sp³-hybridized carbons (Fsp3) is 0.364. The van der Waals surface area contributed by atoms with Gasteiger partial charge < -0.3 is 10.2 Å². The molecule has 1 atom stereocenters. The molecule has 2 aromatic rings. The van der Waals surface area contributed by atoms with Crippen LogP contribution in [0.5, 0.6) is 0 Å². The normalized spacial score (nSPS) is 11.7. The number of benzene rings is 2. The zero-order valence-electron chi connectivity index (χ0n) is 16.7. The van der Waals surface area contributed by atoms with Crippen molar-refractivity contribution in [1.29, 1.82) is 0 Å². The van der Waals surface area contributed by atoms with E-state index in [2.05, 4.69) is 5.32 Å². The Balaban J connectivity index is 2.08. The largest absolute Gasteiger partial charge is 0.354 e. The van der Waals surface area contributed by atoms with Gasteiger partial charge in [0, 0.05) is 28.9 Å². The third-order valence-corrected chi connectivity index (χ3v) is 6.16. The van der Waals surface area contributed by atoms with Gasteiger partial charge in [-0.3, -0.25) is 9.59 Å². The summed E-state index contributed by atoms with van der Waals surface area (Å²) in [5.41, 5.74) is 1.80. The Bertz CT molecular complexity index is 832. The number of nitrogens with one attached hydrogen (secondary N) is 1. The van der Waals surface area contributed by atoms with Gasteiger partial charge in [0.05, 0.1) is 5.75 Å². The Hall–Kier alpha value is -1.69. The highest BCUT2D eigenvalue weighted by atomic mass is 35.5. The van der Waals surface area contributed by atoms with E-state index in [0.717, 1.165) is 17.5 Å². The lowest BCUT2D eigenvalue weighted by Crippen LogP contribution is -2.48. The van der Waals surface area contributed by atoms with Gasteiger partial charge in [0.2, 0.25) is 11.8 Å². The fourth-order valence-electron chi connectivity index (χ4n) is 2.74. The minimum Gasteiger partial charge on any atom is -0.354 e. The lowest BCUT2D eigenvalue weighted by atomic mass is 10.1. The number of thioether (sulfide) groups is 1. The summed E-state index contributed by atoms with van der Waals surface area (Å²) in [6, 6.07) is 14.4. The number of hydrogen-bond donors (Lipinski definition) is 1. The number of halogens is 2. The van der Waals surface area contributed by atoms with Gasteiger partial charge >= 0.3 is 0 Å². The summed E-state index contributed by atoms with van der Waals surface area (Å²) in [5, 5.41) is 4.13. The van der Waals surface area contributed by atoms with Crippen molar-refractivity contribution in [1.82, 2.24) is 10.2 Å². The summed E-state index contributed by atoms with van der Waals surface area (Å²) >= 11 is 14.0. The molecule has 0 spiro atoms. The molecule has 0 saturated heterocycles. The van der Waals surface area contributed by atoms with Gasteiger partial charge in [-0.05, 0) is 36.6 Å². The van der Waals surface area contributed by atoms with Crippen molar-refractivity contribution in [2.24, 2.45) is 0 Å². The van der Waals surface area contributed by atoms with Crippen molar-refractivity contribution >= 4 is 46.8 Å². The van der Waals surface area contributed by atoms with E-state index in [9.17, 15) is 9.59 Å². The van der Waals surface area contributed by atoms with Crippen molar-refractivity contribution in [3.05, 3.63) is 69.7 Å². The quantitative estimate of drug-likeness (QED) is 0.540. The first-order chi connectivity index (χ1) is 13.9. The van der Waals surface area contributed by atoms with Crippen molar-refractivity contribution in [3.8, 4) is 0 Å².